The van der Waals surface area contributed by atoms with Crippen molar-refractivity contribution in [2.75, 3.05) is 30.4 Å². The van der Waals surface area contributed by atoms with E-state index >= 15 is 0 Å². The quantitative estimate of drug-likeness (QED) is 0.0873. The Morgan fingerprint density at radius 1 is 0.734 bits per heavy atom. The van der Waals surface area contributed by atoms with E-state index in [1.807, 2.05) is 26.0 Å². The molecule has 0 fully saturated rings. The molecule has 332 valence electrons. The number of carbonyl (C=O) groups is 4. The van der Waals surface area contributed by atoms with E-state index in [1.165, 1.54) is 0 Å². The molecule has 0 atom stereocenters. The van der Waals surface area contributed by atoms with Gasteiger partial charge in [-0.1, -0.05) is 12.2 Å². The number of ether oxygens (including phenoxy) is 2. The van der Waals surface area contributed by atoms with Crippen molar-refractivity contribution in [3.8, 4) is 11.5 Å². The van der Waals surface area contributed by atoms with Crippen molar-refractivity contribution in [3.63, 3.8) is 0 Å². The number of anilines is 2. The lowest BCUT2D eigenvalue weighted by Gasteiger charge is -2.14. The Hall–Kier alpha value is -8.11. The number of benzene rings is 2. The van der Waals surface area contributed by atoms with E-state index in [0.29, 0.717) is 82.3 Å². The number of tetrazole rings is 1. The summed E-state index contributed by atoms with van der Waals surface area (Å²) in [5.41, 5.74) is 9.48. The van der Waals surface area contributed by atoms with Gasteiger partial charge in [0.15, 0.2) is 0 Å². The van der Waals surface area contributed by atoms with Crippen molar-refractivity contribution in [3.05, 3.63) is 92.9 Å². The number of nitrogens with zero attached hydrogens (tertiary/aromatic N) is 11. The SMILES string of the molecule is CCn1nc(C)cc1C(=O)Nc1nc2cc(C(N)=O)cc3c2n1C/C=C/Cn1c(NC(=O)c2cc(C)nn2CC)nc2cc(C(=O)NCCCn4nn[nH]c4=O)cc(c21)OCCCO3. The fourth-order valence-corrected chi connectivity index (χ4v) is 7.45. The van der Waals surface area contributed by atoms with Crippen LogP contribution in [0.15, 0.2) is 53.3 Å². The molecule has 23 nitrogen and oxygen atoms in total. The van der Waals surface area contributed by atoms with E-state index < -0.39 is 29.3 Å². The summed E-state index contributed by atoms with van der Waals surface area (Å²) in [5.74, 6) is -0.964. The highest BCUT2D eigenvalue weighted by atomic mass is 16.5. The van der Waals surface area contributed by atoms with Gasteiger partial charge in [0.25, 0.3) is 17.7 Å². The fraction of sp³-hybridized carbons (Fsp3) is 0.341. The number of hydrogen-bond donors (Lipinski definition) is 5. The number of primary amides is 1. The molecule has 0 saturated carbocycles. The van der Waals surface area contributed by atoms with Gasteiger partial charge in [-0.2, -0.15) is 14.9 Å². The molecule has 64 heavy (non-hydrogen) atoms. The summed E-state index contributed by atoms with van der Waals surface area (Å²) < 4.78 is 20.6. The number of H-pyrrole nitrogens is 1. The van der Waals surface area contributed by atoms with Crippen LogP contribution in [0.4, 0.5) is 11.9 Å². The third-order valence-corrected chi connectivity index (χ3v) is 10.4. The first-order chi connectivity index (χ1) is 30.9. The number of amides is 4. The first-order valence-corrected chi connectivity index (χ1v) is 20.7. The molecule has 4 amide bonds. The van der Waals surface area contributed by atoms with E-state index in [9.17, 15) is 24.0 Å². The number of carbonyl (C=O) groups excluding carboxylic acids is 4. The molecular formula is C41H46N16O7. The minimum absolute atomic E-state index is 0.119. The molecule has 8 rings (SSSR count). The van der Waals surface area contributed by atoms with E-state index in [2.05, 4.69) is 41.7 Å². The number of imidazole rings is 2. The van der Waals surface area contributed by atoms with Crippen LogP contribution in [0.2, 0.25) is 0 Å². The standard InChI is InChI=1S/C41H46N16O7/c1-5-55-29(17-23(3)49-55)37(60)46-39-44-27-19-25(35(42)58)21-31-33(27)53(39)12-7-8-13-54-34-28(45-40(54)47-38(61)30-18-24(4)50-56(30)6-2)20-26(22-32(34)64-16-10-15-63-31)36(59)43-11-9-14-57-41(62)48-51-52-57/h7-8,17-22H,5-6,9-16H2,1-4H3,(H2,42,58)(H,43,59)(H,44,46,60)(H,45,47,61)(H,48,52,62)/b8-7+. The van der Waals surface area contributed by atoms with Crippen LogP contribution in [0.1, 0.15) is 79.8 Å². The molecule has 0 saturated heterocycles. The second-order valence-electron chi connectivity index (χ2n) is 14.9. The van der Waals surface area contributed by atoms with Crippen LogP contribution in [0.5, 0.6) is 11.5 Å². The topological polar surface area (TPSA) is 284 Å². The number of nitrogens with two attached hydrogens (primary N) is 1. The zero-order valence-electron chi connectivity index (χ0n) is 35.5. The second-order valence-corrected chi connectivity index (χ2v) is 14.9. The van der Waals surface area contributed by atoms with Crippen LogP contribution in [0, 0.1) is 13.8 Å². The van der Waals surface area contributed by atoms with Gasteiger partial charge < -0.3 is 29.7 Å². The molecule has 23 heteroatoms. The highest BCUT2D eigenvalue weighted by Crippen LogP contribution is 2.34. The highest BCUT2D eigenvalue weighted by molar-refractivity contribution is 6.05. The lowest BCUT2D eigenvalue weighted by molar-refractivity contribution is 0.0949. The summed E-state index contributed by atoms with van der Waals surface area (Å²) in [6.07, 6.45) is 4.45. The Bertz CT molecular complexity index is 3020. The molecule has 6 N–H and O–H groups in total. The lowest BCUT2D eigenvalue weighted by Crippen LogP contribution is -2.27. The third kappa shape index (κ3) is 8.67. The van der Waals surface area contributed by atoms with Gasteiger partial charge in [-0.05, 0) is 80.9 Å². The van der Waals surface area contributed by atoms with Gasteiger partial charge in [0.05, 0.1) is 35.6 Å². The summed E-state index contributed by atoms with van der Waals surface area (Å²) in [7, 11) is 0. The molecule has 0 bridgehead atoms. The maximum atomic E-state index is 13.8. The molecule has 6 heterocycles. The Morgan fingerprint density at radius 3 is 1.77 bits per heavy atom. The smallest absolute Gasteiger partial charge is 0.361 e. The Balaban J connectivity index is 1.17. The summed E-state index contributed by atoms with van der Waals surface area (Å²) in [6, 6.07) is 9.69. The first kappa shape index (κ1) is 42.6. The van der Waals surface area contributed by atoms with Crippen molar-refractivity contribution >= 4 is 57.6 Å². The van der Waals surface area contributed by atoms with Gasteiger partial charge in [0, 0.05) is 56.8 Å². The minimum atomic E-state index is -0.686. The highest BCUT2D eigenvalue weighted by Gasteiger charge is 2.24. The van der Waals surface area contributed by atoms with Gasteiger partial charge in [-0.25, -0.2) is 19.9 Å². The Kier molecular flexibility index (Phi) is 12.0. The third-order valence-electron chi connectivity index (χ3n) is 10.4. The van der Waals surface area contributed by atoms with Crippen molar-refractivity contribution < 1.29 is 28.7 Å². The van der Waals surface area contributed by atoms with Crippen LogP contribution in [0.25, 0.3) is 22.1 Å². The van der Waals surface area contributed by atoms with Crippen LogP contribution >= 0.6 is 0 Å². The number of allylic oxidation sites excluding steroid dienone is 2. The zero-order chi connectivity index (χ0) is 45.1. The molecule has 1 aliphatic heterocycles. The number of aryl methyl sites for hydroxylation is 5. The molecule has 0 spiro atoms. The number of hydrogen-bond acceptors (Lipinski definition) is 13. The number of aromatic amines is 1. The Labute approximate surface area is 363 Å². The summed E-state index contributed by atoms with van der Waals surface area (Å²) in [5, 5.41) is 27.0. The van der Waals surface area contributed by atoms with Gasteiger partial charge in [-0.15, -0.1) is 0 Å². The zero-order valence-corrected chi connectivity index (χ0v) is 35.5. The second kappa shape index (κ2) is 18.1. The largest absolute Gasteiger partial charge is 0.491 e. The van der Waals surface area contributed by atoms with Crippen molar-refractivity contribution in [2.24, 2.45) is 5.73 Å². The molecule has 0 unspecified atom stereocenters. The molecule has 0 radical (unpaired) electrons. The lowest BCUT2D eigenvalue weighted by atomic mass is 10.1. The van der Waals surface area contributed by atoms with Crippen molar-refractivity contribution in [1.82, 2.24) is 64.2 Å². The monoisotopic (exact) mass is 874 g/mol. The minimum Gasteiger partial charge on any atom is -0.491 e. The van der Waals surface area contributed by atoms with E-state index in [4.69, 9.17) is 25.2 Å². The summed E-state index contributed by atoms with van der Waals surface area (Å²) >= 11 is 0. The molecule has 2 aromatic carbocycles. The average molecular weight is 875 g/mol. The van der Waals surface area contributed by atoms with E-state index in [1.54, 1.807) is 68.7 Å². The number of aromatic nitrogens is 12. The van der Waals surface area contributed by atoms with Crippen LogP contribution in [0.3, 0.4) is 0 Å². The summed E-state index contributed by atoms with van der Waals surface area (Å²) in [4.78, 5) is 75.0. The molecular weight excluding hydrogens is 829 g/mol. The Morgan fingerprint density at radius 2 is 1.27 bits per heavy atom. The maximum absolute atomic E-state index is 13.8. The average Bonchev–Trinajstić information content (AvgIpc) is 4.10. The van der Waals surface area contributed by atoms with Crippen molar-refractivity contribution in [1.29, 1.82) is 0 Å². The van der Waals surface area contributed by atoms with Crippen LogP contribution in [-0.2, 0) is 32.7 Å². The van der Waals surface area contributed by atoms with E-state index in [-0.39, 0.29) is 62.4 Å². The molecule has 7 aromatic rings. The normalized spacial score (nSPS) is 13.4. The van der Waals surface area contributed by atoms with Gasteiger partial charge in [-0.3, -0.25) is 39.2 Å². The molecule has 1 aliphatic rings. The van der Waals surface area contributed by atoms with Crippen LogP contribution < -0.4 is 36.8 Å². The van der Waals surface area contributed by atoms with Gasteiger partial charge in [0.2, 0.25) is 17.8 Å². The predicted octanol–water partition coefficient (Wildman–Crippen LogP) is 2.56. The summed E-state index contributed by atoms with van der Waals surface area (Å²) in [6.45, 7) is 9.36. The first-order valence-electron chi connectivity index (χ1n) is 20.7. The van der Waals surface area contributed by atoms with Crippen molar-refractivity contribution in [2.45, 2.75) is 73.3 Å². The van der Waals surface area contributed by atoms with Gasteiger partial charge >= 0.3 is 5.69 Å². The number of rotatable bonds is 12. The maximum Gasteiger partial charge on any atom is 0.361 e. The van der Waals surface area contributed by atoms with E-state index in [0.717, 1.165) is 4.68 Å². The predicted molar refractivity (Wildman–Crippen MR) is 232 cm³/mol. The molecule has 0 aliphatic carbocycles. The molecule has 5 aromatic heterocycles. The fourth-order valence-electron chi connectivity index (χ4n) is 7.45. The van der Waals surface area contributed by atoms with Gasteiger partial charge in [0.1, 0.15) is 33.9 Å². The number of nitrogens with one attached hydrogen (secondary N) is 4. The van der Waals surface area contributed by atoms with Crippen LogP contribution in [-0.4, -0.2) is 102 Å².